The van der Waals surface area contributed by atoms with Gasteiger partial charge < -0.3 is 0 Å². The molecule has 2 atom stereocenters. The Morgan fingerprint density at radius 2 is 1.88 bits per heavy atom. The van der Waals surface area contributed by atoms with Gasteiger partial charge in [0, 0.05) is 11.8 Å². The molecule has 0 heterocycles. The molecule has 0 saturated heterocycles. The summed E-state index contributed by atoms with van der Waals surface area (Å²) in [5, 5.41) is 0. The molecule has 2 aromatic rings. The van der Waals surface area contributed by atoms with Crippen LogP contribution in [0.1, 0.15) is 54.2 Å². The van der Waals surface area contributed by atoms with E-state index in [0.717, 1.165) is 18.3 Å². The van der Waals surface area contributed by atoms with Crippen LogP contribution in [0.2, 0.25) is 0 Å². The lowest BCUT2D eigenvalue weighted by atomic mass is 9.66. The van der Waals surface area contributed by atoms with Gasteiger partial charge in [0.15, 0.2) is 0 Å². The number of allylic oxidation sites excluding steroid dienone is 6. The van der Waals surface area contributed by atoms with E-state index in [2.05, 4.69) is 60.7 Å². The first kappa shape index (κ1) is 15.0. The van der Waals surface area contributed by atoms with Crippen LogP contribution in [-0.2, 0) is 0 Å². The maximum Gasteiger partial charge on any atom is 0.113 e. The van der Waals surface area contributed by atoms with Crippen LogP contribution in [0.25, 0.3) is 5.57 Å². The van der Waals surface area contributed by atoms with E-state index in [0.29, 0.717) is 11.8 Å². The number of hydrogen-bond donors (Lipinski definition) is 0. The lowest BCUT2D eigenvalue weighted by molar-refractivity contribution is 0.577. The van der Waals surface area contributed by atoms with Crippen LogP contribution in [0.3, 0.4) is 0 Å². The van der Waals surface area contributed by atoms with Gasteiger partial charge in [0.25, 0.3) is 0 Å². The van der Waals surface area contributed by atoms with Crippen LogP contribution < -0.4 is 5.46 Å². The predicted octanol–water partition coefficient (Wildman–Crippen LogP) is 5.19. The zero-order valence-corrected chi connectivity index (χ0v) is 14.4. The molecule has 0 nitrogen and oxygen atoms in total. The summed E-state index contributed by atoms with van der Waals surface area (Å²) in [6.45, 7) is 0. The van der Waals surface area contributed by atoms with E-state index in [1.807, 2.05) is 6.07 Å². The topological polar surface area (TPSA) is 0 Å². The maximum atomic E-state index is 6.03. The van der Waals surface area contributed by atoms with Gasteiger partial charge in [-0.1, -0.05) is 72.2 Å². The fourth-order valence-electron chi connectivity index (χ4n) is 4.86. The van der Waals surface area contributed by atoms with Crippen molar-refractivity contribution < 1.29 is 0 Å². The average Bonchev–Trinajstić information content (AvgIpc) is 2.68. The average molecular weight is 320 g/mol. The molecule has 5 rings (SSSR count). The monoisotopic (exact) mass is 320 g/mol. The minimum absolute atomic E-state index is 0.476. The molecular weight excluding hydrogens is 299 g/mol. The maximum absolute atomic E-state index is 6.03. The zero-order valence-electron chi connectivity index (χ0n) is 14.4. The standard InChI is InChI=1S/C24H21B/c25-18-7-5-6-16(14-18)17-12-13-23-21-10-2-1-8-19(21)20-9-3-4-11-22(20)24(23)15-17/h1-2,4-8,10-11,14-15,17,23H,3,9,12-13H2. The van der Waals surface area contributed by atoms with Gasteiger partial charge in [0.2, 0.25) is 0 Å². The minimum atomic E-state index is 0.476. The lowest BCUT2D eigenvalue weighted by Gasteiger charge is -2.37. The van der Waals surface area contributed by atoms with E-state index in [-0.39, 0.29) is 0 Å². The first-order chi connectivity index (χ1) is 12.3. The van der Waals surface area contributed by atoms with Crippen LogP contribution in [0.5, 0.6) is 0 Å². The lowest BCUT2D eigenvalue weighted by Crippen LogP contribution is -2.20. The third-order valence-corrected chi connectivity index (χ3v) is 6.00. The van der Waals surface area contributed by atoms with E-state index in [4.69, 9.17) is 7.85 Å². The fraction of sp³-hybridized carbons (Fsp3) is 0.250. The molecule has 0 amide bonds. The largest absolute Gasteiger partial charge is 0.113 e. The van der Waals surface area contributed by atoms with E-state index in [1.54, 1.807) is 11.1 Å². The zero-order chi connectivity index (χ0) is 16.8. The van der Waals surface area contributed by atoms with Crippen LogP contribution >= 0.6 is 0 Å². The second-order valence-corrected chi connectivity index (χ2v) is 7.45. The summed E-state index contributed by atoms with van der Waals surface area (Å²) in [5.74, 6) is 1.03. The van der Waals surface area contributed by atoms with Gasteiger partial charge in [0.05, 0.1) is 0 Å². The van der Waals surface area contributed by atoms with Gasteiger partial charge in [-0.25, -0.2) is 0 Å². The van der Waals surface area contributed by atoms with Gasteiger partial charge in [-0.3, -0.25) is 0 Å². The highest BCUT2D eigenvalue weighted by molar-refractivity contribution is 6.32. The molecule has 0 N–H and O–H groups in total. The molecule has 0 aromatic heterocycles. The van der Waals surface area contributed by atoms with Crippen LogP contribution in [0, 0.1) is 0 Å². The summed E-state index contributed by atoms with van der Waals surface area (Å²) in [6, 6.07) is 17.5. The molecule has 120 valence electrons. The number of rotatable bonds is 1. The molecule has 2 aromatic carbocycles. The molecule has 2 radical (unpaired) electrons. The first-order valence-corrected chi connectivity index (χ1v) is 9.38. The minimum Gasteiger partial charge on any atom is -0.0964 e. The Bertz CT molecular complexity index is 929. The van der Waals surface area contributed by atoms with Gasteiger partial charge >= 0.3 is 0 Å². The molecule has 0 aliphatic heterocycles. The Hall–Kier alpha value is -2.28. The molecule has 0 fully saturated rings. The molecule has 1 heteroatoms. The van der Waals surface area contributed by atoms with E-state index < -0.39 is 0 Å². The summed E-state index contributed by atoms with van der Waals surface area (Å²) in [5.41, 5.74) is 9.83. The second kappa shape index (κ2) is 5.91. The van der Waals surface area contributed by atoms with Crippen LogP contribution in [0.15, 0.2) is 77.9 Å². The van der Waals surface area contributed by atoms with Crippen molar-refractivity contribution in [2.75, 3.05) is 0 Å². The van der Waals surface area contributed by atoms with Crippen molar-refractivity contribution >= 4 is 18.9 Å². The van der Waals surface area contributed by atoms with Crippen molar-refractivity contribution in [1.29, 1.82) is 0 Å². The SMILES string of the molecule is [B]c1cccc(C2C=C3C4=C(CCC=C4)c4ccccc4C3CC2)c1. The summed E-state index contributed by atoms with van der Waals surface area (Å²) in [7, 11) is 6.03. The van der Waals surface area contributed by atoms with Crippen LogP contribution in [0.4, 0.5) is 0 Å². The molecule has 25 heavy (non-hydrogen) atoms. The molecule has 0 spiro atoms. The highest BCUT2D eigenvalue weighted by Gasteiger charge is 2.33. The van der Waals surface area contributed by atoms with E-state index >= 15 is 0 Å². The predicted molar refractivity (Wildman–Crippen MR) is 106 cm³/mol. The second-order valence-electron chi connectivity index (χ2n) is 7.45. The Kier molecular flexibility index (Phi) is 3.55. The normalized spacial score (nSPS) is 24.2. The van der Waals surface area contributed by atoms with Crippen molar-refractivity contribution in [3.63, 3.8) is 0 Å². The van der Waals surface area contributed by atoms with E-state index in [9.17, 15) is 0 Å². The molecule has 0 saturated carbocycles. The van der Waals surface area contributed by atoms with Gasteiger partial charge in [-0.2, -0.15) is 0 Å². The van der Waals surface area contributed by atoms with Crippen molar-refractivity contribution in [2.45, 2.75) is 37.5 Å². The summed E-state index contributed by atoms with van der Waals surface area (Å²) in [6.07, 6.45) is 12.0. The van der Waals surface area contributed by atoms with Crippen LogP contribution in [-0.4, -0.2) is 7.85 Å². The summed E-state index contributed by atoms with van der Waals surface area (Å²) >= 11 is 0. The van der Waals surface area contributed by atoms with Crippen molar-refractivity contribution in [3.05, 3.63) is 94.6 Å². The summed E-state index contributed by atoms with van der Waals surface area (Å²) < 4.78 is 0. The number of hydrogen-bond acceptors (Lipinski definition) is 0. The fourth-order valence-corrected chi connectivity index (χ4v) is 4.86. The van der Waals surface area contributed by atoms with Gasteiger partial charge in [-0.05, 0) is 59.1 Å². The highest BCUT2D eigenvalue weighted by Crippen LogP contribution is 2.51. The molecule has 0 bridgehead atoms. The number of fused-ring (bicyclic) bond motifs is 5. The van der Waals surface area contributed by atoms with Crippen molar-refractivity contribution in [1.82, 2.24) is 0 Å². The van der Waals surface area contributed by atoms with Gasteiger partial charge in [-0.15, -0.1) is 0 Å². The third-order valence-electron chi connectivity index (χ3n) is 6.00. The molecule has 2 unspecified atom stereocenters. The van der Waals surface area contributed by atoms with Crippen molar-refractivity contribution in [2.24, 2.45) is 0 Å². The van der Waals surface area contributed by atoms with Crippen molar-refractivity contribution in [3.8, 4) is 0 Å². The smallest absolute Gasteiger partial charge is 0.0964 e. The first-order valence-electron chi connectivity index (χ1n) is 9.38. The highest BCUT2D eigenvalue weighted by atomic mass is 14.4. The molecule has 3 aliphatic rings. The Morgan fingerprint density at radius 3 is 2.80 bits per heavy atom. The van der Waals surface area contributed by atoms with E-state index in [1.165, 1.54) is 35.1 Å². The Balaban J connectivity index is 1.66. The molecule has 3 aliphatic carbocycles. The third kappa shape index (κ3) is 2.45. The van der Waals surface area contributed by atoms with Gasteiger partial charge in [0.1, 0.15) is 7.85 Å². The Labute approximate surface area is 151 Å². The summed E-state index contributed by atoms with van der Waals surface area (Å²) in [4.78, 5) is 0. The molecular formula is C24H21B. The Morgan fingerprint density at radius 1 is 0.960 bits per heavy atom. The quantitative estimate of drug-likeness (QED) is 0.635. The number of benzene rings is 2.